The highest BCUT2D eigenvalue weighted by atomic mass is 35.5. The Hall–Kier alpha value is -1.65. The van der Waals surface area contributed by atoms with Gasteiger partial charge in [0.25, 0.3) is 0 Å². The first kappa shape index (κ1) is 14.3. The zero-order valence-corrected chi connectivity index (χ0v) is 13.0. The second kappa shape index (κ2) is 5.28. The van der Waals surface area contributed by atoms with Gasteiger partial charge in [-0.3, -0.25) is 0 Å². The normalized spacial score (nSPS) is 20.9. The fourth-order valence-corrected chi connectivity index (χ4v) is 2.92. The Morgan fingerprint density at radius 2 is 2.10 bits per heavy atom. The van der Waals surface area contributed by atoms with Gasteiger partial charge in [0.1, 0.15) is 12.7 Å². The van der Waals surface area contributed by atoms with Crippen molar-refractivity contribution >= 4 is 17.5 Å². The van der Waals surface area contributed by atoms with Crippen LogP contribution in [0, 0.1) is 5.92 Å². The van der Waals surface area contributed by atoms with E-state index in [1.807, 2.05) is 46.0 Å². The third-order valence-corrected chi connectivity index (χ3v) is 3.98. The molecule has 1 N–H and O–H groups in total. The van der Waals surface area contributed by atoms with Crippen LogP contribution in [0.5, 0.6) is 0 Å². The van der Waals surface area contributed by atoms with Crippen molar-refractivity contribution in [1.29, 1.82) is 0 Å². The minimum Gasteiger partial charge on any atom is -0.353 e. The predicted molar refractivity (Wildman–Crippen MR) is 82.0 cm³/mol. The molecule has 0 spiro atoms. The van der Waals surface area contributed by atoms with Gasteiger partial charge < -0.3 is 5.11 Å². The molecule has 3 rings (SSSR count). The topological polar surface area (TPSA) is 40.2 Å². The molecule has 0 bridgehead atoms. The molecular weight excluding hydrogens is 286 g/mol. The molecule has 0 saturated heterocycles. The molecule has 1 aromatic carbocycles. The highest BCUT2D eigenvalue weighted by molar-refractivity contribution is 6.30. The molecule has 4 nitrogen and oxygen atoms in total. The summed E-state index contributed by atoms with van der Waals surface area (Å²) >= 11 is 5.96. The number of halogens is 1. The maximum atomic E-state index is 11.3. The van der Waals surface area contributed by atoms with Crippen molar-refractivity contribution in [1.82, 2.24) is 4.98 Å². The lowest BCUT2D eigenvalue weighted by atomic mass is 10.0. The molecule has 110 valence electrons. The van der Waals surface area contributed by atoms with Crippen LogP contribution in [0.15, 0.2) is 42.7 Å². The van der Waals surface area contributed by atoms with Crippen molar-refractivity contribution in [3.8, 4) is 0 Å². The molecule has 0 amide bonds. The summed E-state index contributed by atoms with van der Waals surface area (Å²) in [5.41, 5.74) is -0.256. The molecule has 21 heavy (non-hydrogen) atoms. The van der Waals surface area contributed by atoms with E-state index in [1.54, 1.807) is 6.20 Å². The number of benzene rings is 1. The van der Waals surface area contributed by atoms with Crippen molar-refractivity contribution in [3.05, 3.63) is 53.3 Å². The SMILES string of the molecule is CC(C)CN1c2nccc[n+]2CC1(O)c1ccc(Cl)cc1. The van der Waals surface area contributed by atoms with Crippen molar-refractivity contribution in [2.24, 2.45) is 5.92 Å². The summed E-state index contributed by atoms with van der Waals surface area (Å²) in [7, 11) is 0. The molecule has 2 heterocycles. The van der Waals surface area contributed by atoms with Crippen LogP contribution in [0.2, 0.25) is 5.02 Å². The van der Waals surface area contributed by atoms with Crippen LogP contribution >= 0.6 is 11.6 Å². The van der Waals surface area contributed by atoms with Crippen LogP contribution in [0.1, 0.15) is 19.4 Å². The Labute approximate surface area is 129 Å². The third-order valence-electron chi connectivity index (χ3n) is 3.73. The molecule has 1 unspecified atom stereocenters. The Kier molecular flexibility index (Phi) is 3.59. The van der Waals surface area contributed by atoms with Crippen molar-refractivity contribution < 1.29 is 9.67 Å². The lowest BCUT2D eigenvalue weighted by Crippen LogP contribution is -2.47. The standard InChI is InChI=1S/C16H19ClN3O/c1-12(2)10-20-15-18-8-3-9-19(15)11-16(20,21)13-4-6-14(17)7-5-13/h3-9,12,21H,10-11H2,1-2H3/q+1. The van der Waals surface area contributed by atoms with E-state index in [-0.39, 0.29) is 0 Å². The number of hydrogen-bond donors (Lipinski definition) is 1. The summed E-state index contributed by atoms with van der Waals surface area (Å²) in [6.45, 7) is 5.46. The molecular formula is C16H19ClN3O+. The predicted octanol–water partition coefficient (Wildman–Crippen LogP) is 2.34. The number of nitrogens with zero attached hydrogens (tertiary/aromatic N) is 3. The van der Waals surface area contributed by atoms with Gasteiger partial charge in [0.2, 0.25) is 5.72 Å². The number of fused-ring (bicyclic) bond motifs is 1. The quantitative estimate of drug-likeness (QED) is 0.885. The van der Waals surface area contributed by atoms with E-state index in [9.17, 15) is 5.11 Å². The summed E-state index contributed by atoms with van der Waals surface area (Å²) in [5.74, 6) is 1.21. The highest BCUT2D eigenvalue weighted by Crippen LogP contribution is 2.34. The molecule has 0 aliphatic carbocycles. The van der Waals surface area contributed by atoms with Crippen LogP contribution in [-0.2, 0) is 12.3 Å². The first-order valence-electron chi connectivity index (χ1n) is 7.11. The largest absolute Gasteiger partial charge is 0.396 e. The second-order valence-electron chi connectivity index (χ2n) is 5.88. The van der Waals surface area contributed by atoms with E-state index in [4.69, 9.17) is 11.6 Å². The zero-order chi connectivity index (χ0) is 15.0. The lowest BCUT2D eigenvalue weighted by molar-refractivity contribution is -0.685. The summed E-state index contributed by atoms with van der Waals surface area (Å²) in [5, 5.41) is 12.0. The van der Waals surface area contributed by atoms with Gasteiger partial charge in [-0.1, -0.05) is 42.6 Å². The molecule has 5 heteroatoms. The van der Waals surface area contributed by atoms with Gasteiger partial charge in [0.05, 0.1) is 12.7 Å². The first-order chi connectivity index (χ1) is 10.0. The molecule has 1 aromatic heterocycles. The third kappa shape index (κ3) is 2.49. The summed E-state index contributed by atoms with van der Waals surface area (Å²) < 4.78 is 1.98. The highest BCUT2D eigenvalue weighted by Gasteiger charge is 2.51. The monoisotopic (exact) mass is 304 g/mol. The minimum absolute atomic E-state index is 0.414. The fourth-order valence-electron chi connectivity index (χ4n) is 2.79. The molecule has 1 atom stereocenters. The summed E-state index contributed by atoms with van der Waals surface area (Å²) in [6, 6.07) is 9.25. The van der Waals surface area contributed by atoms with Crippen molar-refractivity contribution in [2.75, 3.05) is 11.4 Å². The Morgan fingerprint density at radius 3 is 2.76 bits per heavy atom. The average molecular weight is 305 g/mol. The van der Waals surface area contributed by atoms with Crippen LogP contribution in [0.25, 0.3) is 0 Å². The smallest absolute Gasteiger partial charge is 0.353 e. The number of aromatic nitrogens is 2. The Bertz CT molecular complexity index is 644. The van der Waals surface area contributed by atoms with Gasteiger partial charge >= 0.3 is 5.95 Å². The molecule has 1 aliphatic heterocycles. The Morgan fingerprint density at radius 1 is 1.38 bits per heavy atom. The summed E-state index contributed by atoms with van der Waals surface area (Å²) in [4.78, 5) is 6.41. The maximum absolute atomic E-state index is 11.3. The van der Waals surface area contributed by atoms with Crippen molar-refractivity contribution in [3.63, 3.8) is 0 Å². The van der Waals surface area contributed by atoms with Gasteiger partial charge in [-0.05, 0) is 18.1 Å². The van der Waals surface area contributed by atoms with Crippen LogP contribution < -0.4 is 9.47 Å². The van der Waals surface area contributed by atoms with Crippen LogP contribution in [0.3, 0.4) is 0 Å². The molecule has 0 fully saturated rings. The van der Waals surface area contributed by atoms with Gasteiger partial charge in [0, 0.05) is 16.7 Å². The zero-order valence-electron chi connectivity index (χ0n) is 12.2. The second-order valence-corrected chi connectivity index (χ2v) is 6.31. The molecule has 0 radical (unpaired) electrons. The minimum atomic E-state index is -1.09. The molecule has 0 saturated carbocycles. The van der Waals surface area contributed by atoms with E-state index in [1.165, 1.54) is 0 Å². The van der Waals surface area contributed by atoms with E-state index in [2.05, 4.69) is 18.8 Å². The van der Waals surface area contributed by atoms with Crippen LogP contribution in [0.4, 0.5) is 5.95 Å². The van der Waals surface area contributed by atoms with E-state index < -0.39 is 5.72 Å². The number of hydrogen-bond acceptors (Lipinski definition) is 3. The number of anilines is 1. The van der Waals surface area contributed by atoms with E-state index in [0.717, 1.165) is 18.1 Å². The van der Waals surface area contributed by atoms with Gasteiger partial charge in [0.15, 0.2) is 0 Å². The number of rotatable bonds is 3. The fraction of sp³-hybridized carbons (Fsp3) is 0.375. The first-order valence-corrected chi connectivity index (χ1v) is 7.49. The average Bonchev–Trinajstić information content (AvgIpc) is 2.73. The molecule has 1 aliphatic rings. The van der Waals surface area contributed by atoms with Gasteiger partial charge in [-0.15, -0.1) is 0 Å². The Balaban J connectivity index is 2.06. The maximum Gasteiger partial charge on any atom is 0.396 e. The van der Waals surface area contributed by atoms with Crippen molar-refractivity contribution in [2.45, 2.75) is 26.1 Å². The number of aliphatic hydroxyl groups is 1. The lowest BCUT2D eigenvalue weighted by Gasteiger charge is -2.29. The van der Waals surface area contributed by atoms with E-state index in [0.29, 0.717) is 17.5 Å². The van der Waals surface area contributed by atoms with Gasteiger partial charge in [-0.25, -0.2) is 9.47 Å². The van der Waals surface area contributed by atoms with Gasteiger partial charge in [-0.2, -0.15) is 0 Å². The molecule has 2 aromatic rings. The summed E-state index contributed by atoms with van der Waals surface area (Å²) in [6.07, 6.45) is 3.70. The van der Waals surface area contributed by atoms with E-state index >= 15 is 0 Å². The van der Waals surface area contributed by atoms with Crippen LogP contribution in [-0.4, -0.2) is 16.6 Å².